The first-order valence-electron chi connectivity index (χ1n) is 7.53. The highest BCUT2D eigenvalue weighted by Crippen LogP contribution is 2.22. The highest BCUT2D eigenvalue weighted by atomic mass is 32.2. The summed E-state index contributed by atoms with van der Waals surface area (Å²) >= 11 is 0. The van der Waals surface area contributed by atoms with Crippen LogP contribution in [0, 0.1) is 0 Å². The van der Waals surface area contributed by atoms with Crippen LogP contribution in [0.1, 0.15) is 24.8 Å². The highest BCUT2D eigenvalue weighted by Gasteiger charge is 2.29. The number of nitrogens with zero attached hydrogens (tertiary/aromatic N) is 1. The topological polar surface area (TPSA) is 77.0 Å². The van der Waals surface area contributed by atoms with Crippen LogP contribution in [0.4, 0.5) is 0 Å². The van der Waals surface area contributed by atoms with E-state index in [1.807, 2.05) is 6.07 Å². The number of rotatable bonds is 6. The Bertz CT molecular complexity index is 651. The van der Waals surface area contributed by atoms with Gasteiger partial charge in [0.15, 0.2) is 0 Å². The molecule has 120 valence electrons. The van der Waals surface area contributed by atoms with E-state index in [-0.39, 0.29) is 6.10 Å². The Morgan fingerprint density at radius 1 is 1.36 bits per heavy atom. The first-order chi connectivity index (χ1) is 10.7. The number of hydrogen-bond donors (Lipinski definition) is 1. The summed E-state index contributed by atoms with van der Waals surface area (Å²) in [6, 6.07) is 6.87. The van der Waals surface area contributed by atoms with Crippen molar-refractivity contribution in [3.05, 3.63) is 29.8 Å². The lowest BCUT2D eigenvalue weighted by Gasteiger charge is -2.09. The van der Waals surface area contributed by atoms with Gasteiger partial charge in [-0.25, -0.2) is 8.42 Å². The van der Waals surface area contributed by atoms with Crippen LogP contribution in [0.15, 0.2) is 34.2 Å². The molecular formula is C15H20N2O4S. The Morgan fingerprint density at radius 3 is 3.05 bits per heavy atom. The van der Waals surface area contributed by atoms with Gasteiger partial charge in [0.2, 0.25) is 0 Å². The van der Waals surface area contributed by atoms with Crippen LogP contribution in [0.5, 0.6) is 0 Å². The lowest BCUT2D eigenvalue weighted by Crippen LogP contribution is -2.22. The van der Waals surface area contributed by atoms with Gasteiger partial charge in [0.1, 0.15) is 5.84 Å². The molecule has 6 nitrogen and oxygen atoms in total. The lowest BCUT2D eigenvalue weighted by atomic mass is 10.2. The van der Waals surface area contributed by atoms with Crippen LogP contribution in [-0.4, -0.2) is 46.7 Å². The van der Waals surface area contributed by atoms with Gasteiger partial charge in [0.05, 0.1) is 17.6 Å². The van der Waals surface area contributed by atoms with Crippen molar-refractivity contribution in [1.29, 1.82) is 0 Å². The molecule has 1 N–H and O–H groups in total. The third-order valence-corrected chi connectivity index (χ3v) is 5.10. The average molecular weight is 324 g/mol. The molecule has 1 fully saturated rings. The normalized spacial score (nSPS) is 24.4. The first-order valence-corrected chi connectivity index (χ1v) is 9.01. The van der Waals surface area contributed by atoms with Gasteiger partial charge in [-0.15, -0.1) is 0 Å². The number of fused-ring (bicyclic) bond motifs is 1. The van der Waals surface area contributed by atoms with E-state index in [0.29, 0.717) is 36.1 Å². The fraction of sp³-hybridized carbons (Fsp3) is 0.533. The summed E-state index contributed by atoms with van der Waals surface area (Å²) in [5, 5.41) is 0. The van der Waals surface area contributed by atoms with Gasteiger partial charge >= 0.3 is 0 Å². The monoisotopic (exact) mass is 324 g/mol. The summed E-state index contributed by atoms with van der Waals surface area (Å²) in [5.74, 6) is 0.426. The van der Waals surface area contributed by atoms with E-state index >= 15 is 0 Å². The summed E-state index contributed by atoms with van der Waals surface area (Å²) < 4.78 is 37.4. The summed E-state index contributed by atoms with van der Waals surface area (Å²) in [6.45, 7) is 2.59. The zero-order valence-electron chi connectivity index (χ0n) is 12.3. The van der Waals surface area contributed by atoms with Crippen molar-refractivity contribution in [2.45, 2.75) is 30.3 Å². The quantitative estimate of drug-likeness (QED) is 0.801. The lowest BCUT2D eigenvalue weighted by molar-refractivity contribution is 0.0171. The van der Waals surface area contributed by atoms with Crippen LogP contribution < -0.4 is 4.72 Å². The minimum Gasteiger partial charge on any atom is -0.379 e. The molecule has 0 aliphatic carbocycles. The van der Waals surface area contributed by atoms with E-state index in [1.165, 1.54) is 0 Å². The zero-order valence-corrected chi connectivity index (χ0v) is 13.1. The van der Waals surface area contributed by atoms with Crippen molar-refractivity contribution < 1.29 is 17.9 Å². The Hall–Kier alpha value is -1.44. The van der Waals surface area contributed by atoms with Crippen molar-refractivity contribution in [3.8, 4) is 0 Å². The van der Waals surface area contributed by atoms with Crippen molar-refractivity contribution in [2.75, 3.05) is 26.4 Å². The number of ether oxygens (including phenoxy) is 2. The van der Waals surface area contributed by atoms with Crippen molar-refractivity contribution in [1.82, 2.24) is 4.72 Å². The zero-order chi connectivity index (χ0) is 15.4. The maximum atomic E-state index is 11.9. The van der Waals surface area contributed by atoms with Gasteiger partial charge in [-0.3, -0.25) is 9.71 Å². The predicted molar refractivity (Wildman–Crippen MR) is 82.6 cm³/mol. The molecule has 7 heteroatoms. The summed E-state index contributed by atoms with van der Waals surface area (Å²) in [4.78, 5) is 4.64. The van der Waals surface area contributed by atoms with E-state index in [2.05, 4.69) is 9.71 Å². The van der Waals surface area contributed by atoms with E-state index < -0.39 is 10.0 Å². The Morgan fingerprint density at radius 2 is 2.23 bits per heavy atom. The van der Waals surface area contributed by atoms with Gasteiger partial charge in [-0.05, 0) is 31.4 Å². The Balaban J connectivity index is 1.47. The smallest absolute Gasteiger partial charge is 0.263 e. The predicted octanol–water partition coefficient (Wildman–Crippen LogP) is 1.31. The number of hydrogen-bond acceptors (Lipinski definition) is 5. The van der Waals surface area contributed by atoms with E-state index in [1.54, 1.807) is 18.2 Å². The molecule has 0 aromatic heterocycles. The molecule has 2 aliphatic rings. The van der Waals surface area contributed by atoms with Gasteiger partial charge in [-0.1, -0.05) is 12.1 Å². The number of amidine groups is 1. The second kappa shape index (κ2) is 6.76. The minimum absolute atomic E-state index is 0.236. The SMILES string of the molecule is O=S1(=O)NC(=NCCCOCC2CCCO2)c2ccccc21. The third kappa shape index (κ3) is 3.48. The number of sulfonamides is 1. The average Bonchev–Trinajstić information content (AvgIpc) is 3.10. The number of aliphatic imine (C=N–C) groups is 1. The van der Waals surface area contributed by atoms with Crippen molar-refractivity contribution in [3.63, 3.8) is 0 Å². The maximum absolute atomic E-state index is 11.9. The summed E-state index contributed by atoms with van der Waals surface area (Å²) in [6.07, 6.45) is 3.17. The molecule has 0 bridgehead atoms. The highest BCUT2D eigenvalue weighted by molar-refractivity contribution is 7.90. The van der Waals surface area contributed by atoms with Crippen LogP contribution in [-0.2, 0) is 19.5 Å². The second-order valence-corrected chi connectivity index (χ2v) is 7.05. The second-order valence-electron chi connectivity index (χ2n) is 5.40. The first kappa shape index (κ1) is 15.5. The van der Waals surface area contributed by atoms with E-state index in [4.69, 9.17) is 9.47 Å². The Labute approximate surface area is 130 Å². The molecule has 0 radical (unpaired) electrons. The van der Waals surface area contributed by atoms with Gasteiger partial charge in [0, 0.05) is 25.3 Å². The van der Waals surface area contributed by atoms with Crippen LogP contribution in [0.2, 0.25) is 0 Å². The molecule has 1 unspecified atom stereocenters. The standard InChI is InChI=1S/C15H20N2O4S/c18-22(19)14-7-2-1-6-13(14)15(17-22)16-8-4-9-20-11-12-5-3-10-21-12/h1-2,6-7,12H,3-5,8-11H2,(H,16,17). The van der Waals surface area contributed by atoms with Crippen molar-refractivity contribution >= 4 is 15.9 Å². The van der Waals surface area contributed by atoms with Crippen molar-refractivity contribution in [2.24, 2.45) is 4.99 Å². The fourth-order valence-corrected chi connectivity index (χ4v) is 3.85. The molecule has 0 amide bonds. The van der Waals surface area contributed by atoms with Gasteiger partial charge in [-0.2, -0.15) is 0 Å². The molecule has 3 rings (SSSR count). The number of nitrogens with one attached hydrogen (secondary N) is 1. The largest absolute Gasteiger partial charge is 0.379 e. The molecule has 0 spiro atoms. The molecule has 2 aliphatic heterocycles. The van der Waals surface area contributed by atoms with E-state index in [9.17, 15) is 8.42 Å². The molecule has 1 atom stereocenters. The van der Waals surface area contributed by atoms with Crippen LogP contribution in [0.25, 0.3) is 0 Å². The Kier molecular flexibility index (Phi) is 4.75. The summed E-state index contributed by atoms with van der Waals surface area (Å²) in [5.41, 5.74) is 0.641. The molecule has 0 saturated carbocycles. The van der Waals surface area contributed by atoms with Crippen LogP contribution >= 0.6 is 0 Å². The molecular weight excluding hydrogens is 304 g/mol. The minimum atomic E-state index is -3.44. The molecule has 2 heterocycles. The number of benzene rings is 1. The molecule has 1 aromatic carbocycles. The third-order valence-electron chi connectivity index (χ3n) is 3.71. The van der Waals surface area contributed by atoms with Gasteiger partial charge < -0.3 is 9.47 Å². The molecule has 22 heavy (non-hydrogen) atoms. The maximum Gasteiger partial charge on any atom is 0.263 e. The van der Waals surface area contributed by atoms with E-state index in [0.717, 1.165) is 25.9 Å². The summed E-state index contributed by atoms with van der Waals surface area (Å²) in [7, 11) is -3.44. The van der Waals surface area contributed by atoms with Gasteiger partial charge in [0.25, 0.3) is 10.0 Å². The fourth-order valence-electron chi connectivity index (χ4n) is 2.60. The van der Waals surface area contributed by atoms with Crippen LogP contribution in [0.3, 0.4) is 0 Å². The molecule has 1 saturated heterocycles. The molecule has 1 aromatic rings.